The van der Waals surface area contributed by atoms with Gasteiger partial charge in [-0.3, -0.25) is 0 Å². The van der Waals surface area contributed by atoms with Crippen molar-refractivity contribution >= 4 is 17.5 Å². The molecule has 3 nitrogen and oxygen atoms in total. The van der Waals surface area contributed by atoms with Gasteiger partial charge in [0.25, 0.3) is 0 Å². The Morgan fingerprint density at radius 1 is 1.00 bits per heavy atom. The Labute approximate surface area is 99.9 Å². The monoisotopic (exact) mass is 233 g/mol. The summed E-state index contributed by atoms with van der Waals surface area (Å²) < 4.78 is 8.58. The summed E-state index contributed by atoms with van der Waals surface area (Å²) in [5, 5.41) is 3.07. The zero-order valence-electron chi connectivity index (χ0n) is 9.96. The molecule has 1 N–H and O–H groups in total. The van der Waals surface area contributed by atoms with Gasteiger partial charge >= 0.3 is 0 Å². The van der Waals surface area contributed by atoms with Gasteiger partial charge in [0.1, 0.15) is 5.69 Å². The Kier molecular flexibility index (Phi) is 2.92. The molecule has 0 amide bonds. The summed E-state index contributed by atoms with van der Waals surface area (Å²) in [7, 11) is 1.87. The maximum Gasteiger partial charge on any atom is 0.167 e. The second-order valence-corrected chi connectivity index (χ2v) is 4.49. The molecule has 1 aromatic carbocycles. The van der Waals surface area contributed by atoms with Crippen molar-refractivity contribution in [3.05, 3.63) is 28.8 Å². The molecular formula is C12H15N3S. The zero-order chi connectivity index (χ0) is 11.7. The van der Waals surface area contributed by atoms with Crippen LogP contribution in [0.4, 0.5) is 5.82 Å². The highest BCUT2D eigenvalue weighted by Crippen LogP contribution is 2.30. The fourth-order valence-corrected chi connectivity index (χ4v) is 2.31. The number of nitrogens with one attached hydrogen (secondary N) is 1. The minimum atomic E-state index is 0.858. The van der Waals surface area contributed by atoms with Crippen LogP contribution >= 0.6 is 11.7 Å². The van der Waals surface area contributed by atoms with Crippen LogP contribution in [0, 0.1) is 20.8 Å². The van der Waals surface area contributed by atoms with Crippen molar-refractivity contribution in [3.63, 3.8) is 0 Å². The number of anilines is 1. The molecular weight excluding hydrogens is 218 g/mol. The Bertz CT molecular complexity index is 517. The van der Waals surface area contributed by atoms with E-state index in [1.807, 2.05) is 7.05 Å². The highest BCUT2D eigenvalue weighted by atomic mass is 32.1. The summed E-state index contributed by atoms with van der Waals surface area (Å²) >= 11 is 1.24. The van der Waals surface area contributed by atoms with E-state index in [1.54, 1.807) is 0 Å². The molecule has 0 aliphatic carbocycles. The van der Waals surface area contributed by atoms with Gasteiger partial charge in [0, 0.05) is 12.6 Å². The van der Waals surface area contributed by atoms with Gasteiger partial charge in [-0.25, -0.2) is 0 Å². The summed E-state index contributed by atoms with van der Waals surface area (Å²) in [6.07, 6.45) is 0. The molecule has 4 heteroatoms. The molecule has 0 spiro atoms. The first-order chi connectivity index (χ1) is 7.63. The number of aromatic nitrogens is 2. The largest absolute Gasteiger partial charge is 0.370 e. The molecule has 2 rings (SSSR count). The predicted octanol–water partition coefficient (Wildman–Crippen LogP) is 3.17. The molecule has 0 saturated heterocycles. The van der Waals surface area contributed by atoms with Crippen LogP contribution in [0.5, 0.6) is 0 Å². The molecule has 0 atom stereocenters. The van der Waals surface area contributed by atoms with Crippen molar-refractivity contribution in [2.75, 3.05) is 12.4 Å². The maximum absolute atomic E-state index is 4.36. The quantitative estimate of drug-likeness (QED) is 0.865. The van der Waals surface area contributed by atoms with Crippen LogP contribution in [0.2, 0.25) is 0 Å². The van der Waals surface area contributed by atoms with E-state index in [0.717, 1.165) is 11.5 Å². The van der Waals surface area contributed by atoms with E-state index in [1.165, 1.54) is 34.0 Å². The molecule has 1 aromatic heterocycles. The maximum atomic E-state index is 4.36. The molecule has 84 valence electrons. The van der Waals surface area contributed by atoms with E-state index in [4.69, 9.17) is 0 Å². The summed E-state index contributed by atoms with van der Waals surface area (Å²) in [5.74, 6) is 0.858. The number of nitrogens with zero attached hydrogens (tertiary/aromatic N) is 2. The van der Waals surface area contributed by atoms with Gasteiger partial charge in [0.15, 0.2) is 5.82 Å². The molecule has 1 heterocycles. The van der Waals surface area contributed by atoms with E-state index >= 15 is 0 Å². The van der Waals surface area contributed by atoms with Gasteiger partial charge in [-0.1, -0.05) is 6.07 Å². The van der Waals surface area contributed by atoms with Crippen LogP contribution < -0.4 is 5.32 Å². The lowest BCUT2D eigenvalue weighted by Crippen LogP contribution is -1.94. The number of aryl methyl sites for hydroxylation is 3. The smallest absolute Gasteiger partial charge is 0.167 e. The van der Waals surface area contributed by atoms with E-state index < -0.39 is 0 Å². The molecule has 0 aliphatic heterocycles. The Hall–Kier alpha value is -1.42. The lowest BCUT2D eigenvalue weighted by Gasteiger charge is -2.08. The van der Waals surface area contributed by atoms with E-state index in [9.17, 15) is 0 Å². The number of hydrogen-bond donors (Lipinski definition) is 1. The Morgan fingerprint density at radius 3 is 2.38 bits per heavy atom. The van der Waals surface area contributed by atoms with Crippen LogP contribution in [0.1, 0.15) is 16.7 Å². The lowest BCUT2D eigenvalue weighted by atomic mass is 9.99. The molecule has 0 saturated carbocycles. The fourth-order valence-electron chi connectivity index (χ4n) is 1.74. The third-order valence-corrected chi connectivity index (χ3v) is 3.35. The average Bonchev–Trinajstić information content (AvgIpc) is 2.71. The van der Waals surface area contributed by atoms with Crippen molar-refractivity contribution in [2.45, 2.75) is 20.8 Å². The normalized spacial score (nSPS) is 10.5. The SMILES string of the molecule is CNc1nsnc1-c1cc(C)c(C)cc1C. The molecule has 0 bridgehead atoms. The summed E-state index contributed by atoms with van der Waals surface area (Å²) in [4.78, 5) is 0. The van der Waals surface area contributed by atoms with Gasteiger partial charge in [0.2, 0.25) is 0 Å². The van der Waals surface area contributed by atoms with Gasteiger partial charge in [0.05, 0.1) is 11.7 Å². The fraction of sp³-hybridized carbons (Fsp3) is 0.333. The van der Waals surface area contributed by atoms with E-state index in [2.05, 4.69) is 47.0 Å². The molecule has 0 radical (unpaired) electrons. The first kappa shape index (κ1) is 11.1. The minimum Gasteiger partial charge on any atom is -0.370 e. The molecule has 2 aromatic rings. The van der Waals surface area contributed by atoms with Crippen molar-refractivity contribution in [1.82, 2.24) is 8.75 Å². The molecule has 0 fully saturated rings. The summed E-state index contributed by atoms with van der Waals surface area (Å²) in [6, 6.07) is 4.38. The number of hydrogen-bond acceptors (Lipinski definition) is 4. The highest BCUT2D eigenvalue weighted by molar-refractivity contribution is 6.99. The third kappa shape index (κ3) is 1.80. The van der Waals surface area contributed by atoms with Crippen molar-refractivity contribution in [2.24, 2.45) is 0 Å². The van der Waals surface area contributed by atoms with Gasteiger partial charge < -0.3 is 5.32 Å². The third-order valence-electron chi connectivity index (χ3n) is 2.82. The van der Waals surface area contributed by atoms with Crippen LogP contribution in [0.15, 0.2) is 12.1 Å². The predicted molar refractivity (Wildman–Crippen MR) is 69.1 cm³/mol. The van der Waals surface area contributed by atoms with Crippen LogP contribution in [-0.2, 0) is 0 Å². The zero-order valence-corrected chi connectivity index (χ0v) is 10.8. The van der Waals surface area contributed by atoms with E-state index in [0.29, 0.717) is 0 Å². The summed E-state index contributed by atoms with van der Waals surface area (Å²) in [6.45, 7) is 6.36. The standard InChI is InChI=1S/C12H15N3S/c1-7-5-9(3)10(6-8(7)2)11-12(13-4)15-16-14-11/h5-6H,1-4H3,(H,13,15). The molecule has 0 unspecified atom stereocenters. The Morgan fingerprint density at radius 2 is 1.69 bits per heavy atom. The second kappa shape index (κ2) is 4.22. The average molecular weight is 233 g/mol. The number of benzene rings is 1. The van der Waals surface area contributed by atoms with Crippen molar-refractivity contribution in [3.8, 4) is 11.3 Å². The summed E-state index contributed by atoms with van der Waals surface area (Å²) in [5.41, 5.74) is 5.97. The van der Waals surface area contributed by atoms with Crippen LogP contribution in [-0.4, -0.2) is 15.8 Å². The number of rotatable bonds is 2. The van der Waals surface area contributed by atoms with E-state index in [-0.39, 0.29) is 0 Å². The van der Waals surface area contributed by atoms with Gasteiger partial charge in [-0.2, -0.15) is 8.75 Å². The Balaban J connectivity index is 2.60. The highest BCUT2D eigenvalue weighted by Gasteiger charge is 2.12. The first-order valence-electron chi connectivity index (χ1n) is 5.22. The van der Waals surface area contributed by atoms with Gasteiger partial charge in [-0.15, -0.1) is 0 Å². The van der Waals surface area contributed by atoms with Crippen molar-refractivity contribution in [1.29, 1.82) is 0 Å². The molecule has 16 heavy (non-hydrogen) atoms. The van der Waals surface area contributed by atoms with Gasteiger partial charge in [-0.05, 0) is 43.5 Å². The lowest BCUT2D eigenvalue weighted by molar-refractivity contribution is 1.29. The minimum absolute atomic E-state index is 0.858. The second-order valence-electron chi connectivity index (χ2n) is 3.96. The van der Waals surface area contributed by atoms with Crippen molar-refractivity contribution < 1.29 is 0 Å². The topological polar surface area (TPSA) is 37.8 Å². The van der Waals surface area contributed by atoms with Crippen LogP contribution in [0.3, 0.4) is 0 Å². The van der Waals surface area contributed by atoms with Crippen LogP contribution in [0.25, 0.3) is 11.3 Å². The molecule has 0 aliphatic rings. The first-order valence-corrected chi connectivity index (χ1v) is 5.95.